The van der Waals surface area contributed by atoms with E-state index in [0.29, 0.717) is 36.8 Å². The van der Waals surface area contributed by atoms with Crippen molar-refractivity contribution in [1.29, 1.82) is 0 Å². The molecule has 12 heteroatoms. The Balaban J connectivity index is 1.51. The molecule has 0 spiro atoms. The Hall–Kier alpha value is -3.06. The molecular weight excluding hydrogens is 488 g/mol. The van der Waals surface area contributed by atoms with E-state index in [-0.39, 0.29) is 22.9 Å². The molecule has 10 nitrogen and oxygen atoms in total. The standard InChI is InChI=1S/C23H28N6O4S2/c1-2-17-6-3-8-20(14-17)34(30,31)27-13-10-18-16-25-23-28-19-7-4-9-21(15-19)35(32,33)26-12-5-11-24-22(18)29-23/h3-4,6-9,14-16,26-27H,2,5,10-13H2,1H3,(H2,24,25,28,29). The third-order valence-electron chi connectivity index (χ3n) is 5.51. The normalized spacial score (nSPS) is 15.6. The molecule has 1 aliphatic heterocycles. The number of hydrogen-bond acceptors (Lipinski definition) is 8. The lowest BCUT2D eigenvalue weighted by molar-refractivity contribution is 0.578. The fourth-order valence-corrected chi connectivity index (χ4v) is 5.82. The lowest BCUT2D eigenvalue weighted by atomic mass is 10.2. The molecule has 0 amide bonds. The predicted octanol–water partition coefficient (Wildman–Crippen LogP) is 2.40. The molecule has 2 heterocycles. The van der Waals surface area contributed by atoms with Gasteiger partial charge in [0.2, 0.25) is 26.0 Å². The molecule has 0 unspecified atom stereocenters. The molecule has 4 rings (SSSR count). The first-order valence-corrected chi connectivity index (χ1v) is 14.3. The van der Waals surface area contributed by atoms with Gasteiger partial charge >= 0.3 is 0 Å². The van der Waals surface area contributed by atoms with Gasteiger partial charge in [-0.1, -0.05) is 25.1 Å². The van der Waals surface area contributed by atoms with Crippen molar-refractivity contribution in [1.82, 2.24) is 19.4 Å². The molecule has 2 aromatic carbocycles. The summed E-state index contributed by atoms with van der Waals surface area (Å²) in [6.45, 7) is 2.88. The highest BCUT2D eigenvalue weighted by Crippen LogP contribution is 2.21. The summed E-state index contributed by atoms with van der Waals surface area (Å²) < 4.78 is 55.7. The molecule has 0 saturated heterocycles. The summed E-state index contributed by atoms with van der Waals surface area (Å²) in [6, 6.07) is 13.3. The minimum absolute atomic E-state index is 0.156. The average molecular weight is 517 g/mol. The van der Waals surface area contributed by atoms with Crippen LogP contribution in [0.15, 0.2) is 64.5 Å². The molecule has 1 aromatic heterocycles. The van der Waals surface area contributed by atoms with Crippen LogP contribution in [0.2, 0.25) is 0 Å². The molecule has 0 atom stereocenters. The molecule has 4 bridgehead atoms. The second-order valence-corrected chi connectivity index (χ2v) is 11.6. The van der Waals surface area contributed by atoms with E-state index in [9.17, 15) is 16.8 Å². The molecule has 0 radical (unpaired) electrons. The van der Waals surface area contributed by atoms with E-state index in [4.69, 9.17) is 0 Å². The van der Waals surface area contributed by atoms with Gasteiger partial charge in [-0.15, -0.1) is 0 Å². The number of aryl methyl sites for hydroxylation is 1. The first-order chi connectivity index (χ1) is 16.8. The highest BCUT2D eigenvalue weighted by Gasteiger charge is 2.17. The summed E-state index contributed by atoms with van der Waals surface area (Å²) in [5, 5.41) is 6.25. The van der Waals surface area contributed by atoms with Crippen molar-refractivity contribution < 1.29 is 16.8 Å². The van der Waals surface area contributed by atoms with Gasteiger partial charge in [-0.25, -0.2) is 31.3 Å². The number of fused-ring (bicyclic) bond motifs is 4. The Morgan fingerprint density at radius 2 is 1.91 bits per heavy atom. The molecule has 0 aliphatic carbocycles. The van der Waals surface area contributed by atoms with Crippen molar-refractivity contribution in [2.45, 2.75) is 36.0 Å². The van der Waals surface area contributed by atoms with Gasteiger partial charge in [-0.3, -0.25) is 0 Å². The molecular formula is C23H28N6O4S2. The van der Waals surface area contributed by atoms with Crippen LogP contribution in [-0.4, -0.2) is 46.4 Å². The number of nitrogens with zero attached hydrogens (tertiary/aromatic N) is 2. The first kappa shape index (κ1) is 25.0. The van der Waals surface area contributed by atoms with Crippen LogP contribution in [0.4, 0.5) is 17.5 Å². The smallest absolute Gasteiger partial charge is 0.240 e. The van der Waals surface area contributed by atoms with Crippen LogP contribution >= 0.6 is 0 Å². The first-order valence-electron chi connectivity index (χ1n) is 11.3. The number of aromatic nitrogens is 2. The van der Waals surface area contributed by atoms with Crippen molar-refractivity contribution in [3.63, 3.8) is 0 Å². The van der Waals surface area contributed by atoms with E-state index in [0.717, 1.165) is 17.5 Å². The third kappa shape index (κ3) is 6.34. The highest BCUT2D eigenvalue weighted by molar-refractivity contribution is 7.89. The van der Waals surface area contributed by atoms with Gasteiger partial charge in [-0.05, 0) is 55.2 Å². The number of benzene rings is 2. The van der Waals surface area contributed by atoms with Crippen LogP contribution in [-0.2, 0) is 32.9 Å². The average Bonchev–Trinajstić information content (AvgIpc) is 2.85. The van der Waals surface area contributed by atoms with Gasteiger partial charge in [0.05, 0.1) is 9.79 Å². The van der Waals surface area contributed by atoms with E-state index in [1.807, 2.05) is 13.0 Å². The lowest BCUT2D eigenvalue weighted by Crippen LogP contribution is -2.27. The molecule has 35 heavy (non-hydrogen) atoms. The van der Waals surface area contributed by atoms with Crippen LogP contribution < -0.4 is 20.1 Å². The zero-order chi connectivity index (χ0) is 24.9. The minimum atomic E-state index is -3.64. The maximum Gasteiger partial charge on any atom is 0.240 e. The van der Waals surface area contributed by atoms with Crippen molar-refractivity contribution in [2.24, 2.45) is 0 Å². The van der Waals surface area contributed by atoms with Gasteiger partial charge in [0.1, 0.15) is 5.82 Å². The van der Waals surface area contributed by atoms with Crippen molar-refractivity contribution in [3.8, 4) is 0 Å². The van der Waals surface area contributed by atoms with Crippen LogP contribution in [0.3, 0.4) is 0 Å². The Morgan fingerprint density at radius 1 is 1.09 bits per heavy atom. The van der Waals surface area contributed by atoms with Crippen LogP contribution in [0, 0.1) is 0 Å². The van der Waals surface area contributed by atoms with E-state index < -0.39 is 20.0 Å². The van der Waals surface area contributed by atoms with E-state index in [1.165, 1.54) is 12.1 Å². The van der Waals surface area contributed by atoms with Crippen LogP contribution in [0.25, 0.3) is 0 Å². The molecule has 0 saturated carbocycles. The largest absolute Gasteiger partial charge is 0.370 e. The van der Waals surface area contributed by atoms with E-state index in [1.54, 1.807) is 36.5 Å². The van der Waals surface area contributed by atoms with Crippen molar-refractivity contribution >= 4 is 37.5 Å². The molecule has 0 fully saturated rings. The highest BCUT2D eigenvalue weighted by atomic mass is 32.2. The summed E-state index contributed by atoms with van der Waals surface area (Å²) >= 11 is 0. The molecule has 4 N–H and O–H groups in total. The quantitative estimate of drug-likeness (QED) is 0.391. The minimum Gasteiger partial charge on any atom is -0.370 e. The fourth-order valence-electron chi connectivity index (χ4n) is 3.59. The third-order valence-corrected chi connectivity index (χ3v) is 8.42. The number of sulfonamides is 2. The maximum atomic E-state index is 12.7. The topological polar surface area (TPSA) is 142 Å². The Morgan fingerprint density at radius 3 is 2.74 bits per heavy atom. The Labute approximate surface area is 205 Å². The number of rotatable bonds is 6. The van der Waals surface area contributed by atoms with E-state index >= 15 is 0 Å². The van der Waals surface area contributed by atoms with Crippen molar-refractivity contribution in [3.05, 3.63) is 65.9 Å². The number of nitrogens with one attached hydrogen (secondary N) is 4. The molecule has 186 valence electrons. The van der Waals surface area contributed by atoms with E-state index in [2.05, 4.69) is 30.0 Å². The van der Waals surface area contributed by atoms with Gasteiger partial charge < -0.3 is 10.6 Å². The summed E-state index contributed by atoms with van der Waals surface area (Å²) in [5.74, 6) is 0.864. The summed E-state index contributed by atoms with van der Waals surface area (Å²) in [4.78, 5) is 9.28. The van der Waals surface area contributed by atoms with Crippen LogP contribution in [0.1, 0.15) is 24.5 Å². The zero-order valence-corrected chi connectivity index (χ0v) is 20.9. The number of hydrogen-bond donors (Lipinski definition) is 4. The summed E-state index contributed by atoms with van der Waals surface area (Å²) in [6.07, 6.45) is 3.30. The maximum absolute atomic E-state index is 12.7. The predicted molar refractivity (Wildman–Crippen MR) is 135 cm³/mol. The second kappa shape index (κ2) is 10.7. The Kier molecular flexibility index (Phi) is 7.65. The van der Waals surface area contributed by atoms with Gasteiger partial charge in [0, 0.05) is 37.1 Å². The lowest BCUT2D eigenvalue weighted by Gasteiger charge is -2.13. The van der Waals surface area contributed by atoms with Crippen molar-refractivity contribution in [2.75, 3.05) is 30.3 Å². The summed E-state index contributed by atoms with van der Waals surface area (Å²) in [7, 11) is -7.26. The van der Waals surface area contributed by atoms with Gasteiger partial charge in [-0.2, -0.15) is 4.98 Å². The fraction of sp³-hybridized carbons (Fsp3) is 0.304. The second-order valence-electron chi connectivity index (χ2n) is 8.05. The van der Waals surface area contributed by atoms with Gasteiger partial charge in [0.15, 0.2) is 0 Å². The number of anilines is 3. The van der Waals surface area contributed by atoms with Gasteiger partial charge in [0.25, 0.3) is 0 Å². The SMILES string of the molecule is CCc1cccc(S(=O)(=O)NCCc2cnc3nc2NCCCNS(=O)(=O)c2cccc(c2)N3)c1. The Bertz CT molecular complexity index is 1410. The zero-order valence-electron chi connectivity index (χ0n) is 19.3. The monoisotopic (exact) mass is 516 g/mol. The molecule has 1 aliphatic rings. The summed E-state index contributed by atoms with van der Waals surface area (Å²) in [5.41, 5.74) is 2.23. The molecule has 3 aromatic rings. The van der Waals surface area contributed by atoms with Crippen LogP contribution in [0.5, 0.6) is 0 Å².